The van der Waals surface area contributed by atoms with Gasteiger partial charge in [-0.15, -0.1) is 0 Å². The Kier molecular flexibility index (Phi) is 7.27. The summed E-state index contributed by atoms with van der Waals surface area (Å²) in [6.07, 6.45) is 0. The van der Waals surface area contributed by atoms with Gasteiger partial charge in [0.05, 0.1) is 23.2 Å². The molecule has 0 aliphatic carbocycles. The molecule has 1 amide bonds. The number of benzene rings is 4. The summed E-state index contributed by atoms with van der Waals surface area (Å²) in [5, 5.41) is 2.90. The highest BCUT2D eigenvalue weighted by Gasteiger charge is 2.25. The van der Waals surface area contributed by atoms with Crippen molar-refractivity contribution < 1.29 is 17.6 Å². The third-order valence-electron chi connectivity index (χ3n) is 5.64. The van der Waals surface area contributed by atoms with Gasteiger partial charge in [0.15, 0.2) is 0 Å². The quantitative estimate of drug-likeness (QED) is 0.345. The minimum Gasteiger partial charge on any atom is -0.346 e. The van der Waals surface area contributed by atoms with Crippen LogP contribution < -0.4 is 9.62 Å². The lowest BCUT2D eigenvalue weighted by Crippen LogP contribution is -2.30. The van der Waals surface area contributed by atoms with E-state index in [1.54, 1.807) is 91.0 Å². The van der Waals surface area contributed by atoms with E-state index in [2.05, 4.69) is 5.32 Å². The molecule has 0 aromatic heterocycles. The molecule has 1 N–H and O–H groups in total. The lowest BCUT2D eigenvalue weighted by molar-refractivity contribution is 0.0940. The lowest BCUT2D eigenvalue weighted by atomic mass is 10.1. The van der Waals surface area contributed by atoms with Crippen molar-refractivity contribution >= 4 is 21.6 Å². The molecule has 4 aromatic rings. The zero-order chi connectivity index (χ0) is 24.8. The molecular weight excluding hydrogens is 463 g/mol. The normalized spacial score (nSPS) is 12.1. The molecule has 5 nitrogen and oxygen atoms in total. The zero-order valence-electron chi connectivity index (χ0n) is 19.1. The highest BCUT2D eigenvalue weighted by Crippen LogP contribution is 2.26. The number of amides is 1. The van der Waals surface area contributed by atoms with E-state index in [-0.39, 0.29) is 29.2 Å². The van der Waals surface area contributed by atoms with Crippen LogP contribution in [0.15, 0.2) is 114 Å². The Hall–Kier alpha value is -3.97. The predicted molar refractivity (Wildman–Crippen MR) is 135 cm³/mol. The van der Waals surface area contributed by atoms with Gasteiger partial charge in [-0.1, -0.05) is 60.7 Å². The fourth-order valence-electron chi connectivity index (χ4n) is 3.67. The van der Waals surface area contributed by atoms with Gasteiger partial charge in [-0.3, -0.25) is 9.10 Å². The van der Waals surface area contributed by atoms with Crippen molar-refractivity contribution in [2.45, 2.75) is 24.4 Å². The van der Waals surface area contributed by atoms with E-state index in [1.807, 2.05) is 13.0 Å². The van der Waals surface area contributed by atoms with Gasteiger partial charge in [0.25, 0.3) is 15.9 Å². The van der Waals surface area contributed by atoms with E-state index < -0.39 is 10.0 Å². The first kappa shape index (κ1) is 24.2. The molecule has 1 atom stereocenters. The Labute approximate surface area is 204 Å². The Morgan fingerprint density at radius 3 is 2.00 bits per heavy atom. The molecule has 0 bridgehead atoms. The molecule has 178 valence electrons. The number of nitrogens with one attached hydrogen (secondary N) is 1. The van der Waals surface area contributed by atoms with Gasteiger partial charge in [-0.25, -0.2) is 12.8 Å². The summed E-state index contributed by atoms with van der Waals surface area (Å²) < 4.78 is 41.4. The number of carbonyl (C=O) groups excluding carboxylic acids is 1. The molecule has 0 heterocycles. The number of rotatable bonds is 8. The largest absolute Gasteiger partial charge is 0.346 e. The fraction of sp³-hybridized carbons (Fsp3) is 0.107. The smallest absolute Gasteiger partial charge is 0.264 e. The molecule has 4 rings (SSSR count). The van der Waals surface area contributed by atoms with Crippen LogP contribution in [0.3, 0.4) is 0 Å². The van der Waals surface area contributed by atoms with Crippen LogP contribution >= 0.6 is 0 Å². The highest BCUT2D eigenvalue weighted by atomic mass is 32.2. The van der Waals surface area contributed by atoms with E-state index in [4.69, 9.17) is 0 Å². The number of para-hydroxylation sites is 1. The molecule has 0 aliphatic heterocycles. The number of anilines is 1. The molecular formula is C28H25FN2O3S. The number of nitrogens with zero attached hydrogens (tertiary/aromatic N) is 1. The zero-order valence-corrected chi connectivity index (χ0v) is 20.0. The molecule has 0 unspecified atom stereocenters. The SMILES string of the molecule is C[C@@H](NC(=O)c1ccc(CN(c2ccccc2)S(=O)(=O)c2ccccc2)cc1)c1ccc(F)cc1. The Morgan fingerprint density at radius 2 is 1.40 bits per heavy atom. The van der Waals surface area contributed by atoms with Gasteiger partial charge in [-0.05, 0) is 66.6 Å². The molecule has 4 aromatic carbocycles. The van der Waals surface area contributed by atoms with Crippen molar-refractivity contribution in [3.05, 3.63) is 132 Å². The van der Waals surface area contributed by atoms with Crippen LogP contribution in [0.25, 0.3) is 0 Å². The Morgan fingerprint density at radius 1 is 0.829 bits per heavy atom. The van der Waals surface area contributed by atoms with E-state index in [0.717, 1.165) is 11.1 Å². The van der Waals surface area contributed by atoms with Crippen molar-refractivity contribution in [3.63, 3.8) is 0 Å². The van der Waals surface area contributed by atoms with Gasteiger partial charge in [0, 0.05) is 5.56 Å². The van der Waals surface area contributed by atoms with Crippen LogP contribution in [0.5, 0.6) is 0 Å². The maximum absolute atomic E-state index is 13.4. The predicted octanol–water partition coefficient (Wildman–Crippen LogP) is 5.71. The van der Waals surface area contributed by atoms with Gasteiger partial charge in [-0.2, -0.15) is 0 Å². The number of halogens is 1. The van der Waals surface area contributed by atoms with Crippen molar-refractivity contribution in [1.82, 2.24) is 5.32 Å². The van der Waals surface area contributed by atoms with E-state index >= 15 is 0 Å². The first-order valence-corrected chi connectivity index (χ1v) is 12.6. The molecule has 0 aliphatic rings. The first-order valence-electron chi connectivity index (χ1n) is 11.1. The molecule has 7 heteroatoms. The summed E-state index contributed by atoms with van der Waals surface area (Å²) in [4.78, 5) is 12.9. The van der Waals surface area contributed by atoms with Crippen LogP contribution in [0.2, 0.25) is 0 Å². The van der Waals surface area contributed by atoms with Crippen molar-refractivity contribution in [1.29, 1.82) is 0 Å². The maximum Gasteiger partial charge on any atom is 0.264 e. The topological polar surface area (TPSA) is 66.5 Å². The molecule has 0 saturated carbocycles. The van der Waals surface area contributed by atoms with Crippen LogP contribution in [0, 0.1) is 5.82 Å². The average molecular weight is 489 g/mol. The second-order valence-corrected chi connectivity index (χ2v) is 9.97. The maximum atomic E-state index is 13.4. The van der Waals surface area contributed by atoms with Gasteiger partial charge in [0.1, 0.15) is 5.82 Å². The highest BCUT2D eigenvalue weighted by molar-refractivity contribution is 7.92. The molecule has 35 heavy (non-hydrogen) atoms. The second-order valence-electron chi connectivity index (χ2n) is 8.10. The molecule has 0 radical (unpaired) electrons. The van der Waals surface area contributed by atoms with Crippen molar-refractivity contribution in [2.24, 2.45) is 0 Å². The summed E-state index contributed by atoms with van der Waals surface area (Å²) in [7, 11) is -3.80. The van der Waals surface area contributed by atoms with Crippen LogP contribution in [-0.2, 0) is 16.6 Å². The minimum atomic E-state index is -3.80. The minimum absolute atomic E-state index is 0.106. The number of hydrogen-bond donors (Lipinski definition) is 1. The molecule has 0 spiro atoms. The van der Waals surface area contributed by atoms with Gasteiger partial charge >= 0.3 is 0 Å². The summed E-state index contributed by atoms with van der Waals surface area (Å²) in [5.74, 6) is -0.605. The second kappa shape index (κ2) is 10.5. The van der Waals surface area contributed by atoms with Gasteiger partial charge in [0.2, 0.25) is 0 Å². The van der Waals surface area contributed by atoms with Crippen LogP contribution in [0.4, 0.5) is 10.1 Å². The van der Waals surface area contributed by atoms with Gasteiger partial charge < -0.3 is 5.32 Å². The number of sulfonamides is 1. The summed E-state index contributed by atoms with van der Waals surface area (Å²) in [6.45, 7) is 1.93. The average Bonchev–Trinajstić information content (AvgIpc) is 2.89. The monoisotopic (exact) mass is 488 g/mol. The van der Waals surface area contributed by atoms with Crippen molar-refractivity contribution in [2.75, 3.05) is 4.31 Å². The summed E-state index contributed by atoms with van der Waals surface area (Å²) >= 11 is 0. The third kappa shape index (κ3) is 5.75. The van der Waals surface area contributed by atoms with E-state index in [9.17, 15) is 17.6 Å². The summed E-state index contributed by atoms with van der Waals surface area (Å²) in [6, 6.07) is 29.7. The standard InChI is InChI=1S/C28H25FN2O3S/c1-21(23-16-18-25(29)19-17-23)30-28(32)24-14-12-22(13-15-24)20-31(26-8-4-2-5-9-26)35(33,34)27-10-6-3-7-11-27/h2-19,21H,20H2,1H3,(H,30,32)/t21-/m1/s1. The Bertz CT molecular complexity index is 1380. The van der Waals surface area contributed by atoms with Crippen LogP contribution in [0.1, 0.15) is 34.5 Å². The third-order valence-corrected chi connectivity index (χ3v) is 7.42. The van der Waals surface area contributed by atoms with E-state index in [1.165, 1.54) is 16.4 Å². The number of carbonyl (C=O) groups is 1. The summed E-state index contributed by atoms with van der Waals surface area (Å²) in [5.41, 5.74) is 2.52. The molecule has 0 fully saturated rings. The van der Waals surface area contributed by atoms with E-state index in [0.29, 0.717) is 11.3 Å². The molecule has 0 saturated heterocycles. The fourth-order valence-corrected chi connectivity index (χ4v) is 5.14. The van der Waals surface area contributed by atoms with Crippen molar-refractivity contribution in [3.8, 4) is 0 Å². The Balaban J connectivity index is 1.53. The lowest BCUT2D eigenvalue weighted by Gasteiger charge is -2.25. The van der Waals surface area contributed by atoms with Crippen LogP contribution in [-0.4, -0.2) is 14.3 Å². The number of hydrogen-bond acceptors (Lipinski definition) is 3. The first-order chi connectivity index (χ1) is 16.8.